The van der Waals surface area contributed by atoms with Crippen LogP contribution in [0.1, 0.15) is 0 Å². The van der Waals surface area contributed by atoms with Crippen LogP contribution in [-0.2, 0) is 0 Å². The van der Waals surface area contributed by atoms with Crippen LogP contribution in [0.4, 0.5) is 23.7 Å². The number of urea groups is 1. The minimum Gasteiger partial charge on any atom is -0.329 e. The molecule has 2 amide bonds. The molecule has 1 N–H and O–H groups in total. The number of nitrogens with one attached hydrogen (secondary N) is 1. The van der Waals surface area contributed by atoms with Gasteiger partial charge in [-0.25, -0.2) is 4.79 Å². The van der Waals surface area contributed by atoms with Crippen LogP contribution in [0.2, 0.25) is 0 Å². The van der Waals surface area contributed by atoms with E-state index in [0.717, 1.165) is 16.6 Å². The molecule has 21 heavy (non-hydrogen) atoms. The first kappa shape index (κ1) is 14.2. The molecule has 0 bridgehead atoms. The van der Waals surface area contributed by atoms with Crippen LogP contribution in [0.5, 0.6) is 0 Å². The molecule has 3 rings (SSSR count). The van der Waals surface area contributed by atoms with Crippen LogP contribution in [0.25, 0.3) is 0 Å². The first-order valence-corrected chi connectivity index (χ1v) is 6.98. The molecule has 1 aliphatic heterocycles. The van der Waals surface area contributed by atoms with E-state index in [1.165, 1.54) is 11.0 Å². The van der Waals surface area contributed by atoms with E-state index in [-0.39, 0.29) is 0 Å². The molecule has 1 saturated heterocycles. The molecule has 0 aromatic heterocycles. The molecule has 1 aromatic rings. The highest BCUT2D eigenvalue weighted by Gasteiger charge is 2.43. The second kappa shape index (κ2) is 4.91. The third-order valence-corrected chi connectivity index (χ3v) is 3.91. The molecule has 0 radical (unpaired) electrons. The van der Waals surface area contributed by atoms with Gasteiger partial charge in [0.1, 0.15) is 0 Å². The smallest absolute Gasteiger partial charge is 0.329 e. The molecule has 2 unspecified atom stereocenters. The summed E-state index contributed by atoms with van der Waals surface area (Å²) < 4.78 is 38.9. The fraction of sp³-hybridized carbons (Fsp3) is 0.214. The van der Waals surface area contributed by atoms with Crippen molar-refractivity contribution in [2.75, 3.05) is 4.90 Å². The molecular weight excluding hydrogens is 349 g/mol. The summed E-state index contributed by atoms with van der Waals surface area (Å²) in [6.07, 6.45) is -0.922. The van der Waals surface area contributed by atoms with Gasteiger partial charge in [0.15, 0.2) is 0 Å². The molecule has 2 aliphatic rings. The van der Waals surface area contributed by atoms with Gasteiger partial charge in [-0.1, -0.05) is 34.1 Å². The lowest BCUT2D eigenvalue weighted by Crippen LogP contribution is -2.36. The molecule has 2 atom stereocenters. The summed E-state index contributed by atoms with van der Waals surface area (Å²) in [5.74, 6) is 0. The summed E-state index contributed by atoms with van der Waals surface area (Å²) in [7, 11) is 0. The predicted octanol–water partition coefficient (Wildman–Crippen LogP) is 3.77. The van der Waals surface area contributed by atoms with E-state index in [2.05, 4.69) is 21.2 Å². The van der Waals surface area contributed by atoms with Crippen molar-refractivity contribution in [3.05, 3.63) is 52.5 Å². The SMILES string of the molecule is O=C1NC2C=C(C(F)(F)F)C=CC2N1c1cccc(Br)c1. The maximum absolute atomic E-state index is 12.7. The van der Waals surface area contributed by atoms with Gasteiger partial charge in [-0.3, -0.25) is 4.90 Å². The minimum atomic E-state index is -4.41. The lowest BCUT2D eigenvalue weighted by Gasteiger charge is -2.26. The van der Waals surface area contributed by atoms with E-state index < -0.39 is 29.9 Å². The van der Waals surface area contributed by atoms with Crippen molar-refractivity contribution in [3.63, 3.8) is 0 Å². The Morgan fingerprint density at radius 2 is 2.05 bits per heavy atom. The average molecular weight is 359 g/mol. The lowest BCUT2D eigenvalue weighted by molar-refractivity contribution is -0.0887. The molecule has 7 heteroatoms. The normalized spacial score (nSPS) is 24.7. The van der Waals surface area contributed by atoms with Crippen LogP contribution in [0.3, 0.4) is 0 Å². The van der Waals surface area contributed by atoms with Crippen molar-refractivity contribution in [1.29, 1.82) is 0 Å². The lowest BCUT2D eigenvalue weighted by atomic mass is 9.98. The van der Waals surface area contributed by atoms with E-state index >= 15 is 0 Å². The molecule has 1 aliphatic carbocycles. The number of hydrogen-bond acceptors (Lipinski definition) is 1. The minimum absolute atomic E-state index is 0.410. The molecule has 1 fully saturated rings. The van der Waals surface area contributed by atoms with E-state index in [0.29, 0.717) is 5.69 Å². The van der Waals surface area contributed by atoms with Gasteiger partial charge in [-0.15, -0.1) is 0 Å². The Morgan fingerprint density at radius 3 is 2.71 bits per heavy atom. The van der Waals surface area contributed by atoms with Gasteiger partial charge in [-0.2, -0.15) is 13.2 Å². The van der Waals surface area contributed by atoms with Crippen molar-refractivity contribution < 1.29 is 18.0 Å². The van der Waals surface area contributed by atoms with Crippen LogP contribution in [0.15, 0.2) is 52.5 Å². The zero-order valence-corrected chi connectivity index (χ0v) is 12.1. The number of carbonyl (C=O) groups excluding carboxylic acids is 1. The van der Waals surface area contributed by atoms with Crippen molar-refractivity contribution >= 4 is 27.6 Å². The fourth-order valence-corrected chi connectivity index (χ4v) is 2.88. The summed E-state index contributed by atoms with van der Waals surface area (Å²) in [4.78, 5) is 13.5. The zero-order valence-electron chi connectivity index (χ0n) is 10.6. The molecule has 1 aromatic carbocycles. The highest BCUT2D eigenvalue weighted by molar-refractivity contribution is 9.10. The third-order valence-electron chi connectivity index (χ3n) is 3.42. The number of carbonyl (C=O) groups is 1. The number of anilines is 1. The monoisotopic (exact) mass is 358 g/mol. The van der Waals surface area contributed by atoms with Gasteiger partial charge in [0, 0.05) is 10.2 Å². The third kappa shape index (κ3) is 2.57. The summed E-state index contributed by atoms with van der Waals surface area (Å²) in [5, 5.41) is 2.57. The van der Waals surface area contributed by atoms with Crippen LogP contribution >= 0.6 is 15.9 Å². The quantitative estimate of drug-likeness (QED) is 0.814. The molecular formula is C14H10BrF3N2O. The zero-order chi connectivity index (χ0) is 15.2. The first-order valence-electron chi connectivity index (χ1n) is 6.19. The Hall–Kier alpha value is -1.76. The highest BCUT2D eigenvalue weighted by Crippen LogP contribution is 2.34. The first-order chi connectivity index (χ1) is 9.86. The van der Waals surface area contributed by atoms with Crippen molar-refractivity contribution in [2.24, 2.45) is 0 Å². The number of allylic oxidation sites excluding steroid dienone is 2. The number of fused-ring (bicyclic) bond motifs is 1. The van der Waals surface area contributed by atoms with Crippen molar-refractivity contribution in [1.82, 2.24) is 5.32 Å². The van der Waals surface area contributed by atoms with E-state index in [4.69, 9.17) is 0 Å². The van der Waals surface area contributed by atoms with E-state index in [9.17, 15) is 18.0 Å². The van der Waals surface area contributed by atoms with Crippen LogP contribution in [0, 0.1) is 0 Å². The maximum atomic E-state index is 12.7. The largest absolute Gasteiger partial charge is 0.416 e. The standard InChI is InChI=1S/C14H10BrF3N2O/c15-9-2-1-3-10(7-9)20-12-5-4-8(14(16,17)18)6-11(12)19-13(20)21/h1-7,11-12H,(H,19,21). The van der Waals surface area contributed by atoms with E-state index in [1.807, 2.05) is 6.07 Å². The average Bonchev–Trinajstić information content (AvgIpc) is 2.72. The molecule has 110 valence electrons. The van der Waals surface area contributed by atoms with E-state index in [1.54, 1.807) is 18.2 Å². The number of benzene rings is 1. The van der Waals surface area contributed by atoms with Gasteiger partial charge in [0.25, 0.3) is 0 Å². The summed E-state index contributed by atoms with van der Waals surface area (Å²) in [6.45, 7) is 0. The Labute approximate surface area is 127 Å². The number of rotatable bonds is 1. The van der Waals surface area contributed by atoms with Gasteiger partial charge in [0.2, 0.25) is 0 Å². The van der Waals surface area contributed by atoms with Gasteiger partial charge >= 0.3 is 12.2 Å². The van der Waals surface area contributed by atoms with Crippen LogP contribution < -0.4 is 10.2 Å². The van der Waals surface area contributed by atoms with Gasteiger partial charge < -0.3 is 5.32 Å². The van der Waals surface area contributed by atoms with Gasteiger partial charge in [-0.05, 0) is 24.3 Å². The Bertz CT molecular complexity index is 654. The van der Waals surface area contributed by atoms with Crippen molar-refractivity contribution in [3.8, 4) is 0 Å². The Balaban J connectivity index is 1.93. The Morgan fingerprint density at radius 1 is 1.29 bits per heavy atom. The van der Waals surface area contributed by atoms with Crippen molar-refractivity contribution in [2.45, 2.75) is 18.3 Å². The Kier molecular flexibility index (Phi) is 3.32. The predicted molar refractivity (Wildman–Crippen MR) is 76.0 cm³/mol. The number of nitrogens with zero attached hydrogens (tertiary/aromatic N) is 1. The maximum Gasteiger partial charge on any atom is 0.416 e. The van der Waals surface area contributed by atoms with Crippen LogP contribution in [-0.4, -0.2) is 24.3 Å². The summed E-state index contributed by atoms with van der Waals surface area (Å²) in [6, 6.07) is 5.52. The second-order valence-corrected chi connectivity index (χ2v) is 5.71. The molecule has 3 nitrogen and oxygen atoms in total. The highest BCUT2D eigenvalue weighted by atomic mass is 79.9. The second-order valence-electron chi connectivity index (χ2n) is 4.79. The summed E-state index contributed by atoms with van der Waals surface area (Å²) >= 11 is 3.32. The molecule has 0 saturated carbocycles. The number of halogens is 4. The molecule has 0 spiro atoms. The number of hydrogen-bond donors (Lipinski definition) is 1. The van der Waals surface area contributed by atoms with Gasteiger partial charge in [0.05, 0.1) is 17.7 Å². The number of alkyl halides is 3. The molecule has 1 heterocycles. The summed E-state index contributed by atoms with van der Waals surface area (Å²) in [5.41, 5.74) is -0.108. The fourth-order valence-electron chi connectivity index (χ4n) is 2.50. The topological polar surface area (TPSA) is 32.3 Å². The number of amides is 2.